The van der Waals surface area contributed by atoms with Gasteiger partial charge in [0.05, 0.1) is 16.4 Å². The van der Waals surface area contributed by atoms with Gasteiger partial charge in [0, 0.05) is 0 Å². The van der Waals surface area contributed by atoms with Crippen LogP contribution in [0, 0.1) is 0 Å². The Balaban J connectivity index is 1.95. The molecular formula is C9H8N2O3S2. The van der Waals surface area contributed by atoms with Gasteiger partial charge >= 0.3 is 5.97 Å². The van der Waals surface area contributed by atoms with Gasteiger partial charge in [-0.05, 0) is 11.4 Å². The van der Waals surface area contributed by atoms with Crippen LogP contribution in [0.4, 0.5) is 0 Å². The van der Waals surface area contributed by atoms with Crippen LogP contribution < -0.4 is 0 Å². The molecule has 2 aromatic rings. The van der Waals surface area contributed by atoms with Crippen molar-refractivity contribution in [3.63, 3.8) is 0 Å². The molecule has 0 radical (unpaired) electrons. The Bertz CT molecular complexity index is 467. The fourth-order valence-corrected chi connectivity index (χ4v) is 2.26. The van der Waals surface area contributed by atoms with E-state index < -0.39 is 5.97 Å². The van der Waals surface area contributed by atoms with E-state index in [1.54, 1.807) is 0 Å². The summed E-state index contributed by atoms with van der Waals surface area (Å²) in [5, 5.41) is 14.2. The molecule has 5 nitrogen and oxygen atoms in total. The minimum Gasteiger partial charge on any atom is -0.481 e. The number of carboxylic acid groups (broad SMARTS) is 1. The van der Waals surface area contributed by atoms with E-state index in [0.29, 0.717) is 17.5 Å². The summed E-state index contributed by atoms with van der Waals surface area (Å²) in [6, 6.07) is 3.80. The Kier molecular flexibility index (Phi) is 3.58. The molecule has 0 bridgehead atoms. The lowest BCUT2D eigenvalue weighted by Crippen LogP contribution is -1.98. The first-order valence-corrected chi connectivity index (χ1v) is 6.45. The second kappa shape index (κ2) is 5.13. The molecule has 84 valence electrons. The maximum absolute atomic E-state index is 10.3. The van der Waals surface area contributed by atoms with Crippen molar-refractivity contribution in [1.29, 1.82) is 0 Å². The third-order valence-corrected chi connectivity index (χ3v) is 3.43. The molecule has 0 spiro atoms. The Hall–Kier alpha value is -1.34. The molecule has 16 heavy (non-hydrogen) atoms. The molecule has 2 heterocycles. The van der Waals surface area contributed by atoms with Crippen molar-refractivity contribution in [3.05, 3.63) is 23.3 Å². The van der Waals surface area contributed by atoms with E-state index in [9.17, 15) is 4.79 Å². The highest BCUT2D eigenvalue weighted by Crippen LogP contribution is 2.23. The summed E-state index contributed by atoms with van der Waals surface area (Å²) in [5.41, 5.74) is 0. The van der Waals surface area contributed by atoms with Gasteiger partial charge in [0.15, 0.2) is 5.82 Å². The average Bonchev–Trinajstić information content (AvgIpc) is 2.85. The van der Waals surface area contributed by atoms with Crippen LogP contribution in [-0.2, 0) is 10.5 Å². The van der Waals surface area contributed by atoms with Crippen LogP contribution in [0.25, 0.3) is 10.8 Å². The topological polar surface area (TPSA) is 76.2 Å². The first kappa shape index (κ1) is 11.2. The third kappa shape index (κ3) is 2.83. The van der Waals surface area contributed by atoms with Crippen LogP contribution in [0.2, 0.25) is 0 Å². The average molecular weight is 256 g/mol. The summed E-state index contributed by atoms with van der Waals surface area (Å²) in [5.74, 6) is 0.659. The van der Waals surface area contributed by atoms with Crippen molar-refractivity contribution in [2.24, 2.45) is 0 Å². The monoisotopic (exact) mass is 256 g/mol. The predicted octanol–water partition coefficient (Wildman–Crippen LogP) is 2.12. The standard InChI is InChI=1S/C9H8N2O3S2/c12-8(13)5-15-4-7-10-9(14-11-7)6-2-1-3-16-6/h1-3H,4-5H2,(H,12,13). The van der Waals surface area contributed by atoms with Gasteiger partial charge in [-0.15, -0.1) is 23.1 Å². The second-order valence-corrected chi connectivity index (χ2v) is 4.81. The fourth-order valence-electron chi connectivity index (χ4n) is 1.04. The van der Waals surface area contributed by atoms with E-state index >= 15 is 0 Å². The molecule has 0 aromatic carbocycles. The van der Waals surface area contributed by atoms with Gasteiger partial charge in [0.1, 0.15) is 0 Å². The molecular weight excluding hydrogens is 248 g/mol. The van der Waals surface area contributed by atoms with Crippen molar-refractivity contribution >= 4 is 29.1 Å². The third-order valence-electron chi connectivity index (χ3n) is 1.66. The van der Waals surface area contributed by atoms with Gasteiger partial charge in [-0.1, -0.05) is 11.2 Å². The lowest BCUT2D eigenvalue weighted by molar-refractivity contribution is -0.133. The molecule has 0 saturated carbocycles. The Labute approximate surface area is 99.5 Å². The molecule has 0 aliphatic rings. The highest BCUT2D eigenvalue weighted by atomic mass is 32.2. The number of nitrogens with zero attached hydrogens (tertiary/aromatic N) is 2. The van der Waals surface area contributed by atoms with E-state index in [-0.39, 0.29) is 5.75 Å². The van der Waals surface area contributed by atoms with Crippen LogP contribution in [0.3, 0.4) is 0 Å². The molecule has 0 atom stereocenters. The number of carbonyl (C=O) groups is 1. The molecule has 0 aliphatic heterocycles. The molecule has 7 heteroatoms. The first-order chi connectivity index (χ1) is 7.75. The summed E-state index contributed by atoms with van der Waals surface area (Å²) in [4.78, 5) is 15.4. The number of rotatable bonds is 5. The number of carboxylic acids is 1. The van der Waals surface area contributed by atoms with Crippen molar-refractivity contribution < 1.29 is 14.4 Å². The van der Waals surface area contributed by atoms with Crippen LogP contribution in [-0.4, -0.2) is 27.0 Å². The Morgan fingerprint density at radius 2 is 2.50 bits per heavy atom. The number of aliphatic carboxylic acids is 1. The van der Waals surface area contributed by atoms with Crippen molar-refractivity contribution in [2.45, 2.75) is 5.75 Å². The quantitative estimate of drug-likeness (QED) is 0.883. The summed E-state index contributed by atoms with van der Waals surface area (Å²) in [7, 11) is 0. The van der Waals surface area contributed by atoms with Crippen LogP contribution in [0.15, 0.2) is 22.0 Å². The fraction of sp³-hybridized carbons (Fsp3) is 0.222. The minimum atomic E-state index is -0.841. The lowest BCUT2D eigenvalue weighted by atomic mass is 10.5. The zero-order valence-electron chi connectivity index (χ0n) is 8.12. The number of aromatic nitrogens is 2. The van der Waals surface area contributed by atoms with E-state index in [1.807, 2.05) is 17.5 Å². The van der Waals surface area contributed by atoms with Gasteiger partial charge in [-0.25, -0.2) is 0 Å². The second-order valence-electron chi connectivity index (χ2n) is 2.88. The van der Waals surface area contributed by atoms with Crippen molar-refractivity contribution in [3.8, 4) is 10.8 Å². The number of thiophene rings is 1. The van der Waals surface area contributed by atoms with Gasteiger partial charge in [-0.2, -0.15) is 4.98 Å². The maximum atomic E-state index is 10.3. The van der Waals surface area contributed by atoms with Gasteiger partial charge in [0.2, 0.25) is 0 Å². The molecule has 0 aliphatic carbocycles. The normalized spacial score (nSPS) is 10.5. The Morgan fingerprint density at radius 1 is 1.62 bits per heavy atom. The number of hydrogen-bond donors (Lipinski definition) is 1. The zero-order valence-corrected chi connectivity index (χ0v) is 9.75. The molecule has 0 fully saturated rings. The largest absolute Gasteiger partial charge is 0.481 e. The number of hydrogen-bond acceptors (Lipinski definition) is 6. The smallest absolute Gasteiger partial charge is 0.313 e. The molecule has 0 unspecified atom stereocenters. The van der Waals surface area contributed by atoms with E-state index in [2.05, 4.69) is 10.1 Å². The molecule has 0 saturated heterocycles. The summed E-state index contributed by atoms with van der Waals surface area (Å²) >= 11 is 2.76. The van der Waals surface area contributed by atoms with Gasteiger partial charge in [-0.3, -0.25) is 4.79 Å². The molecule has 2 rings (SSSR count). The van der Waals surface area contributed by atoms with E-state index in [0.717, 1.165) is 4.88 Å². The maximum Gasteiger partial charge on any atom is 0.313 e. The van der Waals surface area contributed by atoms with Crippen LogP contribution >= 0.6 is 23.1 Å². The van der Waals surface area contributed by atoms with Gasteiger partial charge < -0.3 is 9.63 Å². The summed E-state index contributed by atoms with van der Waals surface area (Å²) < 4.78 is 5.06. The van der Waals surface area contributed by atoms with Crippen molar-refractivity contribution in [1.82, 2.24) is 10.1 Å². The highest BCUT2D eigenvalue weighted by molar-refractivity contribution is 7.99. The highest BCUT2D eigenvalue weighted by Gasteiger charge is 2.09. The van der Waals surface area contributed by atoms with E-state index in [4.69, 9.17) is 9.63 Å². The van der Waals surface area contributed by atoms with Crippen LogP contribution in [0.1, 0.15) is 5.82 Å². The minimum absolute atomic E-state index is 0.0445. The number of thioether (sulfide) groups is 1. The lowest BCUT2D eigenvalue weighted by Gasteiger charge is -1.90. The first-order valence-electron chi connectivity index (χ1n) is 4.41. The molecule has 1 N–H and O–H groups in total. The zero-order chi connectivity index (χ0) is 11.4. The predicted molar refractivity (Wildman–Crippen MR) is 61.4 cm³/mol. The van der Waals surface area contributed by atoms with Crippen LogP contribution in [0.5, 0.6) is 0 Å². The summed E-state index contributed by atoms with van der Waals surface area (Å²) in [6.07, 6.45) is 0. The SMILES string of the molecule is O=C(O)CSCc1noc(-c2cccs2)n1. The molecule has 2 aromatic heterocycles. The van der Waals surface area contributed by atoms with E-state index in [1.165, 1.54) is 23.1 Å². The Morgan fingerprint density at radius 3 is 3.19 bits per heavy atom. The molecule has 0 amide bonds. The van der Waals surface area contributed by atoms with Crippen molar-refractivity contribution in [2.75, 3.05) is 5.75 Å². The summed E-state index contributed by atoms with van der Waals surface area (Å²) in [6.45, 7) is 0. The van der Waals surface area contributed by atoms with Gasteiger partial charge in [0.25, 0.3) is 5.89 Å².